The SMILES string of the molecule is CC(C)C(C(=O)OCc1ccccc1)N(C)CCc1ccc(NC(=O)OC(C)(C)C)cc1. The fourth-order valence-corrected chi connectivity index (χ4v) is 3.40. The van der Waals surface area contributed by atoms with Gasteiger partial charge in [-0.1, -0.05) is 56.3 Å². The third-order valence-corrected chi connectivity index (χ3v) is 4.92. The minimum atomic E-state index is -0.538. The average Bonchev–Trinajstić information content (AvgIpc) is 2.71. The summed E-state index contributed by atoms with van der Waals surface area (Å²) >= 11 is 0. The van der Waals surface area contributed by atoms with Crippen LogP contribution in [0.25, 0.3) is 0 Å². The van der Waals surface area contributed by atoms with Crippen molar-refractivity contribution in [2.45, 2.75) is 59.3 Å². The summed E-state index contributed by atoms with van der Waals surface area (Å²) in [6.07, 6.45) is 0.303. The Bertz CT molecular complexity index is 858. The lowest BCUT2D eigenvalue weighted by Gasteiger charge is -2.29. The van der Waals surface area contributed by atoms with Gasteiger partial charge in [-0.25, -0.2) is 4.79 Å². The molecule has 1 amide bonds. The van der Waals surface area contributed by atoms with Crippen molar-refractivity contribution in [1.82, 2.24) is 4.90 Å². The second kappa shape index (κ2) is 11.7. The molecule has 6 heteroatoms. The smallest absolute Gasteiger partial charge is 0.412 e. The van der Waals surface area contributed by atoms with Crippen LogP contribution in [0.4, 0.5) is 10.5 Å². The summed E-state index contributed by atoms with van der Waals surface area (Å²) in [7, 11) is 1.95. The summed E-state index contributed by atoms with van der Waals surface area (Å²) in [6.45, 7) is 10.5. The number of amides is 1. The number of anilines is 1. The standard InChI is InChI=1S/C26H36N2O4/c1-19(2)23(24(29)31-18-21-10-8-7-9-11-21)28(6)17-16-20-12-14-22(15-13-20)27-25(30)32-26(3,4)5/h7-15,19,23H,16-18H2,1-6H3,(H,27,30). The predicted molar refractivity (Wildman–Crippen MR) is 127 cm³/mol. The molecule has 0 radical (unpaired) electrons. The van der Waals surface area contributed by atoms with Crippen LogP contribution in [0, 0.1) is 5.92 Å². The molecule has 2 aromatic carbocycles. The normalized spacial score (nSPS) is 12.5. The number of benzene rings is 2. The van der Waals surface area contributed by atoms with Crippen molar-refractivity contribution in [3.8, 4) is 0 Å². The zero-order valence-corrected chi connectivity index (χ0v) is 20.1. The number of carbonyl (C=O) groups excluding carboxylic acids is 2. The first-order chi connectivity index (χ1) is 15.0. The lowest BCUT2D eigenvalue weighted by Crippen LogP contribution is -2.44. The van der Waals surface area contributed by atoms with Crippen molar-refractivity contribution in [1.29, 1.82) is 0 Å². The average molecular weight is 441 g/mol. The summed E-state index contributed by atoms with van der Waals surface area (Å²) in [4.78, 5) is 26.7. The van der Waals surface area contributed by atoms with E-state index in [0.29, 0.717) is 12.2 Å². The van der Waals surface area contributed by atoms with E-state index >= 15 is 0 Å². The molecule has 0 fully saturated rings. The maximum atomic E-state index is 12.7. The van der Waals surface area contributed by atoms with Crippen molar-refractivity contribution in [3.05, 3.63) is 65.7 Å². The Balaban J connectivity index is 1.87. The zero-order chi connectivity index (χ0) is 23.7. The van der Waals surface area contributed by atoms with Gasteiger partial charge in [-0.15, -0.1) is 0 Å². The fourth-order valence-electron chi connectivity index (χ4n) is 3.40. The Kier molecular flexibility index (Phi) is 9.27. The largest absolute Gasteiger partial charge is 0.460 e. The number of hydrogen-bond acceptors (Lipinski definition) is 5. The van der Waals surface area contributed by atoms with E-state index in [9.17, 15) is 9.59 Å². The van der Waals surface area contributed by atoms with E-state index in [1.807, 2.05) is 101 Å². The summed E-state index contributed by atoms with van der Waals surface area (Å²) in [5.41, 5.74) is 2.24. The van der Waals surface area contributed by atoms with E-state index in [4.69, 9.17) is 9.47 Å². The summed E-state index contributed by atoms with van der Waals surface area (Å²) in [5, 5.41) is 2.73. The molecule has 2 rings (SSSR count). The Morgan fingerprint density at radius 2 is 1.59 bits per heavy atom. The van der Waals surface area contributed by atoms with E-state index in [2.05, 4.69) is 5.32 Å². The molecule has 6 nitrogen and oxygen atoms in total. The minimum absolute atomic E-state index is 0.128. The second-order valence-electron chi connectivity index (χ2n) is 9.34. The molecule has 32 heavy (non-hydrogen) atoms. The van der Waals surface area contributed by atoms with Gasteiger partial charge in [0.05, 0.1) is 0 Å². The molecule has 0 heterocycles. The van der Waals surface area contributed by atoms with Crippen molar-refractivity contribution in [2.24, 2.45) is 5.92 Å². The number of hydrogen-bond donors (Lipinski definition) is 1. The molecular formula is C26H36N2O4. The molecule has 2 aromatic rings. The third kappa shape index (κ3) is 8.71. The summed E-state index contributed by atoms with van der Waals surface area (Å²) in [5.74, 6) is -0.0769. The maximum absolute atomic E-state index is 12.7. The molecule has 0 aliphatic rings. The van der Waals surface area contributed by atoms with Crippen LogP contribution in [0.5, 0.6) is 0 Å². The summed E-state index contributed by atoms with van der Waals surface area (Å²) in [6, 6.07) is 17.0. The molecule has 0 saturated heterocycles. The Morgan fingerprint density at radius 3 is 2.16 bits per heavy atom. The first-order valence-electron chi connectivity index (χ1n) is 11.0. The van der Waals surface area contributed by atoms with Crippen LogP contribution >= 0.6 is 0 Å². The second-order valence-corrected chi connectivity index (χ2v) is 9.34. The number of rotatable bonds is 9. The Hall–Kier alpha value is -2.86. The molecular weight excluding hydrogens is 404 g/mol. The lowest BCUT2D eigenvalue weighted by molar-refractivity contribution is -0.152. The van der Waals surface area contributed by atoms with E-state index in [-0.39, 0.29) is 24.5 Å². The van der Waals surface area contributed by atoms with Crippen molar-refractivity contribution >= 4 is 17.7 Å². The van der Waals surface area contributed by atoms with Crippen LogP contribution in [0.2, 0.25) is 0 Å². The van der Waals surface area contributed by atoms with Gasteiger partial charge in [-0.3, -0.25) is 15.0 Å². The van der Waals surface area contributed by atoms with Crippen LogP contribution in [0.15, 0.2) is 54.6 Å². The monoisotopic (exact) mass is 440 g/mol. The van der Waals surface area contributed by atoms with Crippen molar-refractivity contribution in [2.75, 3.05) is 18.9 Å². The molecule has 174 valence electrons. The maximum Gasteiger partial charge on any atom is 0.412 e. The van der Waals surface area contributed by atoms with Gasteiger partial charge in [-0.2, -0.15) is 0 Å². The van der Waals surface area contributed by atoms with Gasteiger partial charge in [0.15, 0.2) is 0 Å². The first-order valence-corrected chi connectivity index (χ1v) is 11.0. The van der Waals surface area contributed by atoms with Crippen molar-refractivity contribution in [3.63, 3.8) is 0 Å². The summed E-state index contributed by atoms with van der Waals surface area (Å²) < 4.78 is 10.8. The molecule has 1 N–H and O–H groups in total. The van der Waals surface area contributed by atoms with E-state index in [1.165, 1.54) is 0 Å². The van der Waals surface area contributed by atoms with E-state index < -0.39 is 11.7 Å². The molecule has 0 aromatic heterocycles. The van der Waals surface area contributed by atoms with Crippen LogP contribution in [-0.4, -0.2) is 42.2 Å². The zero-order valence-electron chi connectivity index (χ0n) is 20.1. The van der Waals surface area contributed by atoms with Gasteiger partial charge < -0.3 is 9.47 Å². The highest BCUT2D eigenvalue weighted by atomic mass is 16.6. The molecule has 0 saturated carbocycles. The third-order valence-electron chi connectivity index (χ3n) is 4.92. The lowest BCUT2D eigenvalue weighted by atomic mass is 10.0. The van der Waals surface area contributed by atoms with Gasteiger partial charge >= 0.3 is 12.1 Å². The van der Waals surface area contributed by atoms with Gasteiger partial charge in [0, 0.05) is 12.2 Å². The number of nitrogens with one attached hydrogen (secondary N) is 1. The number of ether oxygens (including phenoxy) is 2. The molecule has 1 unspecified atom stereocenters. The number of carbonyl (C=O) groups is 2. The Labute approximate surface area is 191 Å². The van der Waals surface area contributed by atoms with Crippen LogP contribution in [0.3, 0.4) is 0 Å². The highest BCUT2D eigenvalue weighted by Gasteiger charge is 2.28. The minimum Gasteiger partial charge on any atom is -0.460 e. The Morgan fingerprint density at radius 1 is 0.969 bits per heavy atom. The van der Waals surface area contributed by atoms with Gasteiger partial charge in [0.1, 0.15) is 18.2 Å². The predicted octanol–water partition coefficient (Wildman–Crippen LogP) is 5.28. The molecule has 0 spiro atoms. The molecule has 0 aliphatic carbocycles. The molecule has 0 bridgehead atoms. The van der Waals surface area contributed by atoms with Crippen LogP contribution < -0.4 is 5.32 Å². The topological polar surface area (TPSA) is 67.9 Å². The van der Waals surface area contributed by atoms with Crippen LogP contribution in [0.1, 0.15) is 45.7 Å². The van der Waals surface area contributed by atoms with E-state index in [0.717, 1.165) is 17.5 Å². The highest BCUT2D eigenvalue weighted by Crippen LogP contribution is 2.16. The van der Waals surface area contributed by atoms with Gasteiger partial charge in [-0.05, 0) is 63.4 Å². The van der Waals surface area contributed by atoms with Crippen molar-refractivity contribution < 1.29 is 19.1 Å². The molecule has 1 atom stereocenters. The first kappa shape index (κ1) is 25.4. The van der Waals surface area contributed by atoms with Gasteiger partial charge in [0.25, 0.3) is 0 Å². The molecule has 0 aliphatic heterocycles. The quantitative estimate of drug-likeness (QED) is 0.538. The number of nitrogens with zero attached hydrogens (tertiary/aromatic N) is 1. The van der Waals surface area contributed by atoms with E-state index in [1.54, 1.807) is 0 Å². The number of likely N-dealkylation sites (N-methyl/N-ethyl adjacent to an activating group) is 1. The van der Waals surface area contributed by atoms with Gasteiger partial charge in [0.2, 0.25) is 0 Å². The number of esters is 1. The fraction of sp³-hybridized carbons (Fsp3) is 0.462. The highest BCUT2D eigenvalue weighted by molar-refractivity contribution is 5.84. The van der Waals surface area contributed by atoms with Crippen LogP contribution in [-0.2, 0) is 27.3 Å².